The summed E-state index contributed by atoms with van der Waals surface area (Å²) in [6.07, 6.45) is 2.90. The van der Waals surface area contributed by atoms with Crippen molar-refractivity contribution in [3.05, 3.63) is 89.7 Å². The molecule has 3 nitrogen and oxygen atoms in total. The first-order chi connectivity index (χ1) is 14.5. The van der Waals surface area contributed by atoms with Crippen LogP contribution in [0.3, 0.4) is 0 Å². The summed E-state index contributed by atoms with van der Waals surface area (Å²) in [6.45, 7) is 6.92. The van der Waals surface area contributed by atoms with E-state index in [9.17, 15) is 5.26 Å². The fraction of sp³-hybridized carbons (Fsp3) is 0.308. The van der Waals surface area contributed by atoms with E-state index in [4.69, 9.17) is 4.43 Å². The fourth-order valence-electron chi connectivity index (χ4n) is 4.71. The van der Waals surface area contributed by atoms with Crippen molar-refractivity contribution in [1.82, 2.24) is 4.98 Å². The molecule has 0 aliphatic heterocycles. The average molecular weight is 413 g/mol. The number of aryl methyl sites for hydroxylation is 1. The predicted octanol–water partition coefficient (Wildman–Crippen LogP) is 4.91. The van der Waals surface area contributed by atoms with Gasteiger partial charge in [0.05, 0.1) is 6.10 Å². The summed E-state index contributed by atoms with van der Waals surface area (Å²) in [5.74, 6) is 0. The molecule has 1 aromatic heterocycles. The molecule has 1 heterocycles. The molecule has 0 spiro atoms. The van der Waals surface area contributed by atoms with Crippen LogP contribution in [0.4, 0.5) is 0 Å². The Balaban J connectivity index is 1.88. The monoisotopic (exact) mass is 412 g/mol. The molecule has 1 aliphatic carbocycles. The van der Waals surface area contributed by atoms with Gasteiger partial charge < -0.3 is 4.43 Å². The molecule has 0 amide bonds. The van der Waals surface area contributed by atoms with Crippen molar-refractivity contribution in [2.45, 2.75) is 51.2 Å². The number of hydrogen-bond donors (Lipinski definition) is 0. The molecule has 0 saturated carbocycles. The lowest BCUT2D eigenvalue weighted by molar-refractivity contribution is 0.168. The van der Waals surface area contributed by atoms with Gasteiger partial charge in [-0.2, -0.15) is 5.26 Å². The standard InChI is InChI=1S/C26H28N2OSi/c1-26(2,3)30(21-11-6-4-7-12-21,22-13-8-5-9-14-22)29-25-16-10-15-24-23(25)18-17-20(19-27)28-24/h4-9,11-14,17-18,25H,10,15-16H2,1-3H3. The zero-order valence-electron chi connectivity index (χ0n) is 17.9. The quantitative estimate of drug-likeness (QED) is 0.572. The third-order valence-corrected chi connectivity index (χ3v) is 11.1. The van der Waals surface area contributed by atoms with E-state index in [1.807, 2.05) is 6.07 Å². The van der Waals surface area contributed by atoms with Crippen molar-refractivity contribution in [2.75, 3.05) is 0 Å². The maximum Gasteiger partial charge on any atom is 0.261 e. The van der Waals surface area contributed by atoms with E-state index < -0.39 is 8.32 Å². The Bertz CT molecular complexity index is 1010. The highest BCUT2D eigenvalue weighted by Gasteiger charge is 2.51. The molecule has 30 heavy (non-hydrogen) atoms. The minimum Gasteiger partial charge on any atom is -0.400 e. The van der Waals surface area contributed by atoms with Crippen LogP contribution in [0.25, 0.3) is 0 Å². The molecule has 0 fully saturated rings. The molecule has 4 rings (SSSR count). The SMILES string of the molecule is CC(C)(C)[Si](OC1CCCc2nc(C#N)ccc21)(c1ccccc1)c1ccccc1. The number of fused-ring (bicyclic) bond motifs is 1. The lowest BCUT2D eigenvalue weighted by atomic mass is 9.93. The van der Waals surface area contributed by atoms with E-state index in [2.05, 4.69) is 98.6 Å². The highest BCUT2D eigenvalue weighted by atomic mass is 28.4. The molecular weight excluding hydrogens is 384 g/mol. The summed E-state index contributed by atoms with van der Waals surface area (Å²) < 4.78 is 7.33. The molecule has 0 radical (unpaired) electrons. The predicted molar refractivity (Wildman–Crippen MR) is 123 cm³/mol. The van der Waals surface area contributed by atoms with Gasteiger partial charge in [0.25, 0.3) is 8.32 Å². The van der Waals surface area contributed by atoms with E-state index in [1.165, 1.54) is 10.4 Å². The molecular formula is C26H28N2OSi. The molecule has 152 valence electrons. The van der Waals surface area contributed by atoms with E-state index in [1.54, 1.807) is 0 Å². The lowest BCUT2D eigenvalue weighted by Crippen LogP contribution is -2.67. The van der Waals surface area contributed by atoms with Crippen molar-refractivity contribution in [3.8, 4) is 6.07 Å². The Labute approximate surface area is 180 Å². The third-order valence-electron chi connectivity index (χ3n) is 6.09. The molecule has 0 saturated heterocycles. The normalized spacial score (nSPS) is 16.5. The number of hydrogen-bond acceptors (Lipinski definition) is 3. The molecule has 4 heteroatoms. The van der Waals surface area contributed by atoms with Gasteiger partial charge in [0.2, 0.25) is 0 Å². The van der Waals surface area contributed by atoms with Crippen molar-refractivity contribution >= 4 is 18.7 Å². The van der Waals surface area contributed by atoms with Crippen molar-refractivity contribution in [1.29, 1.82) is 5.26 Å². The van der Waals surface area contributed by atoms with E-state index in [0.29, 0.717) is 5.69 Å². The summed E-state index contributed by atoms with van der Waals surface area (Å²) in [4.78, 5) is 4.59. The Morgan fingerprint density at radius 3 is 2.07 bits per heavy atom. The Kier molecular flexibility index (Phi) is 5.60. The second kappa shape index (κ2) is 8.18. The van der Waals surface area contributed by atoms with Crippen LogP contribution in [-0.2, 0) is 10.8 Å². The van der Waals surface area contributed by atoms with E-state index in [0.717, 1.165) is 30.5 Å². The molecule has 0 N–H and O–H groups in total. The minimum atomic E-state index is -2.62. The van der Waals surface area contributed by atoms with Crippen LogP contribution in [0.2, 0.25) is 5.04 Å². The van der Waals surface area contributed by atoms with Crippen LogP contribution >= 0.6 is 0 Å². The van der Waals surface area contributed by atoms with Gasteiger partial charge in [-0.15, -0.1) is 0 Å². The summed E-state index contributed by atoms with van der Waals surface area (Å²) >= 11 is 0. The first-order valence-corrected chi connectivity index (χ1v) is 12.6. The summed E-state index contributed by atoms with van der Waals surface area (Å²) in [5, 5.41) is 11.8. The van der Waals surface area contributed by atoms with Crippen molar-refractivity contribution < 1.29 is 4.43 Å². The molecule has 1 unspecified atom stereocenters. The maximum atomic E-state index is 9.26. The Morgan fingerprint density at radius 2 is 1.53 bits per heavy atom. The molecule has 3 aromatic rings. The smallest absolute Gasteiger partial charge is 0.261 e. The van der Waals surface area contributed by atoms with Crippen LogP contribution in [-0.4, -0.2) is 13.3 Å². The van der Waals surface area contributed by atoms with Gasteiger partial charge in [0.1, 0.15) is 11.8 Å². The van der Waals surface area contributed by atoms with Gasteiger partial charge in [-0.05, 0) is 40.7 Å². The second-order valence-corrected chi connectivity index (χ2v) is 13.3. The minimum absolute atomic E-state index is 0.0136. The van der Waals surface area contributed by atoms with Gasteiger partial charge in [-0.1, -0.05) is 87.5 Å². The zero-order valence-corrected chi connectivity index (χ0v) is 18.9. The van der Waals surface area contributed by atoms with Crippen molar-refractivity contribution in [2.24, 2.45) is 0 Å². The number of nitrogens with zero attached hydrogens (tertiary/aromatic N) is 2. The largest absolute Gasteiger partial charge is 0.400 e. The Morgan fingerprint density at radius 1 is 0.933 bits per heavy atom. The van der Waals surface area contributed by atoms with Gasteiger partial charge >= 0.3 is 0 Å². The topological polar surface area (TPSA) is 45.9 Å². The summed E-state index contributed by atoms with van der Waals surface area (Å²) in [5.41, 5.74) is 2.65. The highest BCUT2D eigenvalue weighted by Crippen LogP contribution is 2.42. The molecule has 0 bridgehead atoms. The van der Waals surface area contributed by atoms with Gasteiger partial charge in [-0.25, -0.2) is 4.98 Å². The number of pyridine rings is 1. The van der Waals surface area contributed by atoms with Crippen LogP contribution in [0.15, 0.2) is 72.8 Å². The third kappa shape index (κ3) is 3.60. The second-order valence-electron chi connectivity index (χ2n) is 9.01. The number of aromatic nitrogens is 1. The molecule has 1 atom stereocenters. The maximum absolute atomic E-state index is 9.26. The van der Waals surface area contributed by atoms with E-state index >= 15 is 0 Å². The van der Waals surface area contributed by atoms with Gasteiger partial charge in [-0.3, -0.25) is 0 Å². The number of benzene rings is 2. The molecule has 1 aliphatic rings. The van der Waals surface area contributed by atoms with Gasteiger partial charge in [0, 0.05) is 11.3 Å². The Hall–Kier alpha value is -2.74. The zero-order chi connectivity index (χ0) is 21.2. The van der Waals surface area contributed by atoms with Crippen LogP contribution in [0.5, 0.6) is 0 Å². The van der Waals surface area contributed by atoms with Crippen LogP contribution in [0.1, 0.15) is 56.7 Å². The lowest BCUT2D eigenvalue weighted by Gasteiger charge is -2.46. The highest BCUT2D eigenvalue weighted by molar-refractivity contribution is 6.99. The fourth-order valence-corrected chi connectivity index (χ4v) is 9.39. The number of nitriles is 1. The van der Waals surface area contributed by atoms with Crippen LogP contribution < -0.4 is 10.4 Å². The number of rotatable bonds is 4. The summed E-state index contributed by atoms with van der Waals surface area (Å²) in [6, 6.07) is 27.6. The van der Waals surface area contributed by atoms with Gasteiger partial charge in [0.15, 0.2) is 0 Å². The van der Waals surface area contributed by atoms with E-state index in [-0.39, 0.29) is 11.1 Å². The summed E-state index contributed by atoms with van der Waals surface area (Å²) in [7, 11) is -2.62. The first-order valence-electron chi connectivity index (χ1n) is 10.6. The average Bonchev–Trinajstić information content (AvgIpc) is 2.77. The first kappa shape index (κ1) is 20.5. The molecule has 2 aromatic carbocycles. The van der Waals surface area contributed by atoms with Crippen LogP contribution in [0, 0.1) is 11.3 Å². The van der Waals surface area contributed by atoms with Crippen molar-refractivity contribution in [3.63, 3.8) is 0 Å².